The lowest BCUT2D eigenvalue weighted by atomic mass is 9.98. The summed E-state index contributed by atoms with van der Waals surface area (Å²) in [5.41, 5.74) is 1.06. The normalized spacial score (nSPS) is 20.0. The minimum Gasteiger partial charge on any atom is -0.474 e. The summed E-state index contributed by atoms with van der Waals surface area (Å²) >= 11 is 0. The second-order valence-electron chi connectivity index (χ2n) is 8.19. The van der Waals surface area contributed by atoms with Gasteiger partial charge in [0.05, 0.1) is 0 Å². The van der Waals surface area contributed by atoms with Gasteiger partial charge in [0.15, 0.2) is 17.6 Å². The fourth-order valence-corrected chi connectivity index (χ4v) is 4.19. The van der Waals surface area contributed by atoms with Gasteiger partial charge in [-0.3, -0.25) is 4.99 Å². The Morgan fingerprint density at radius 1 is 1.19 bits per heavy atom. The van der Waals surface area contributed by atoms with E-state index >= 15 is 0 Å². The molecule has 0 bridgehead atoms. The van der Waals surface area contributed by atoms with E-state index < -0.39 is 0 Å². The molecule has 7 nitrogen and oxygen atoms in total. The number of halogens is 1. The van der Waals surface area contributed by atoms with Gasteiger partial charge in [-0.25, -0.2) is 14.4 Å². The molecule has 166 valence electrons. The number of hydrogen-bond acceptors (Lipinski definition) is 5. The number of nitrogens with zero attached hydrogens (tertiary/aromatic N) is 4. The van der Waals surface area contributed by atoms with Gasteiger partial charge in [0.2, 0.25) is 5.88 Å². The monoisotopic (exact) mass is 426 g/mol. The van der Waals surface area contributed by atoms with Crippen LogP contribution in [-0.4, -0.2) is 48.2 Å². The third-order valence-corrected chi connectivity index (χ3v) is 5.89. The second kappa shape index (κ2) is 10.4. The van der Waals surface area contributed by atoms with Crippen LogP contribution < -0.4 is 20.3 Å². The summed E-state index contributed by atoms with van der Waals surface area (Å²) in [6.45, 7) is 2.06. The van der Waals surface area contributed by atoms with Crippen LogP contribution in [-0.2, 0) is 6.54 Å². The Balaban J connectivity index is 1.24. The third-order valence-electron chi connectivity index (χ3n) is 5.89. The van der Waals surface area contributed by atoms with E-state index in [9.17, 15) is 4.39 Å². The second-order valence-corrected chi connectivity index (χ2v) is 8.19. The van der Waals surface area contributed by atoms with Crippen LogP contribution in [0.25, 0.3) is 0 Å². The summed E-state index contributed by atoms with van der Waals surface area (Å²) < 4.78 is 20.0. The quantitative estimate of drug-likeness (QED) is 0.546. The topological polar surface area (TPSA) is 74.7 Å². The molecule has 2 fully saturated rings. The average molecular weight is 427 g/mol. The van der Waals surface area contributed by atoms with E-state index in [0.717, 1.165) is 37.3 Å². The number of anilines is 1. The largest absolute Gasteiger partial charge is 0.474 e. The Kier molecular flexibility index (Phi) is 7.17. The smallest absolute Gasteiger partial charge is 0.213 e. The first-order valence-electron chi connectivity index (χ1n) is 11.2. The Hall–Kier alpha value is -2.90. The SMILES string of the molecule is CN=C(NCc1ccc(OC2CCCCC2)nc1)NC1CCN(c2ncccc2F)C1. The molecule has 8 heteroatoms. The highest BCUT2D eigenvalue weighted by atomic mass is 19.1. The predicted molar refractivity (Wildman–Crippen MR) is 120 cm³/mol. The average Bonchev–Trinajstić information content (AvgIpc) is 3.27. The van der Waals surface area contributed by atoms with Gasteiger partial charge in [-0.2, -0.15) is 0 Å². The standard InChI is InChI=1S/C23H31FN6O/c1-25-23(29-18-11-13-30(16-18)22-20(24)8-5-12-26-22)28-15-17-9-10-21(27-14-17)31-19-6-3-2-4-7-19/h5,8-10,12,14,18-19H,2-4,6-7,11,13,15-16H2,1H3,(H2,25,28,29). The summed E-state index contributed by atoms with van der Waals surface area (Å²) in [5.74, 6) is 1.55. The number of ether oxygens (including phenoxy) is 1. The number of aromatic nitrogens is 2. The van der Waals surface area contributed by atoms with Crippen molar-refractivity contribution in [3.8, 4) is 5.88 Å². The van der Waals surface area contributed by atoms with Crippen molar-refractivity contribution in [3.63, 3.8) is 0 Å². The molecule has 0 amide bonds. The van der Waals surface area contributed by atoms with Gasteiger partial charge in [-0.1, -0.05) is 12.5 Å². The highest BCUT2D eigenvalue weighted by Crippen LogP contribution is 2.22. The van der Waals surface area contributed by atoms with Crippen LogP contribution in [0.15, 0.2) is 41.7 Å². The summed E-state index contributed by atoms with van der Waals surface area (Å²) in [6.07, 6.45) is 10.7. The lowest BCUT2D eigenvalue weighted by Crippen LogP contribution is -2.44. The first kappa shape index (κ1) is 21.3. The lowest BCUT2D eigenvalue weighted by Gasteiger charge is -2.22. The third kappa shape index (κ3) is 5.83. The van der Waals surface area contributed by atoms with Crippen molar-refractivity contribution in [2.24, 2.45) is 4.99 Å². The van der Waals surface area contributed by atoms with Crippen LogP contribution in [0, 0.1) is 5.82 Å². The molecule has 2 N–H and O–H groups in total. The van der Waals surface area contributed by atoms with E-state index in [0.29, 0.717) is 30.9 Å². The molecule has 1 aliphatic heterocycles. The fourth-order valence-electron chi connectivity index (χ4n) is 4.19. The van der Waals surface area contributed by atoms with Crippen molar-refractivity contribution in [2.75, 3.05) is 25.0 Å². The zero-order valence-corrected chi connectivity index (χ0v) is 18.1. The maximum Gasteiger partial charge on any atom is 0.213 e. The maximum absolute atomic E-state index is 14.0. The van der Waals surface area contributed by atoms with Crippen molar-refractivity contribution in [1.29, 1.82) is 0 Å². The molecule has 4 rings (SSSR count). The molecular formula is C23H31FN6O. The molecule has 3 heterocycles. The van der Waals surface area contributed by atoms with E-state index in [1.807, 2.05) is 23.2 Å². The molecule has 1 aliphatic carbocycles. The number of aliphatic imine (C=N–C) groups is 1. The van der Waals surface area contributed by atoms with Crippen LogP contribution in [0.3, 0.4) is 0 Å². The van der Waals surface area contributed by atoms with E-state index in [1.54, 1.807) is 19.3 Å². The molecule has 1 unspecified atom stereocenters. The van der Waals surface area contributed by atoms with Crippen molar-refractivity contribution in [2.45, 2.75) is 57.2 Å². The van der Waals surface area contributed by atoms with E-state index in [-0.39, 0.29) is 11.9 Å². The van der Waals surface area contributed by atoms with Gasteiger partial charge < -0.3 is 20.3 Å². The molecule has 0 spiro atoms. The highest BCUT2D eigenvalue weighted by Gasteiger charge is 2.26. The number of nitrogens with one attached hydrogen (secondary N) is 2. The number of guanidine groups is 1. The summed E-state index contributed by atoms with van der Waals surface area (Å²) in [7, 11) is 1.75. The van der Waals surface area contributed by atoms with Crippen LogP contribution in [0.1, 0.15) is 44.1 Å². The summed E-state index contributed by atoms with van der Waals surface area (Å²) in [5, 5.41) is 6.75. The molecule has 1 saturated heterocycles. The van der Waals surface area contributed by atoms with Gasteiger partial charge >= 0.3 is 0 Å². The fraction of sp³-hybridized carbons (Fsp3) is 0.522. The van der Waals surface area contributed by atoms with Crippen molar-refractivity contribution < 1.29 is 9.13 Å². The first-order valence-corrected chi connectivity index (χ1v) is 11.2. The minimum absolute atomic E-state index is 0.178. The van der Waals surface area contributed by atoms with Crippen molar-refractivity contribution >= 4 is 11.8 Å². The molecule has 31 heavy (non-hydrogen) atoms. The first-order chi connectivity index (χ1) is 15.2. The van der Waals surface area contributed by atoms with Crippen molar-refractivity contribution in [3.05, 3.63) is 48.0 Å². The molecule has 2 aliphatic rings. The molecule has 2 aromatic heterocycles. The van der Waals surface area contributed by atoms with Crippen LogP contribution in [0.5, 0.6) is 5.88 Å². The van der Waals surface area contributed by atoms with Crippen LogP contribution >= 0.6 is 0 Å². The van der Waals surface area contributed by atoms with Crippen LogP contribution in [0.2, 0.25) is 0 Å². The Bertz CT molecular complexity index is 869. The summed E-state index contributed by atoms with van der Waals surface area (Å²) in [4.78, 5) is 14.9. The number of hydrogen-bond donors (Lipinski definition) is 2. The minimum atomic E-state index is -0.283. The summed E-state index contributed by atoms with van der Waals surface area (Å²) in [6, 6.07) is 7.21. The molecule has 0 aromatic carbocycles. The van der Waals surface area contributed by atoms with E-state index in [2.05, 4.69) is 25.6 Å². The van der Waals surface area contributed by atoms with Gasteiger partial charge in [0.1, 0.15) is 6.10 Å². The zero-order valence-electron chi connectivity index (χ0n) is 18.1. The van der Waals surface area contributed by atoms with E-state index in [4.69, 9.17) is 4.74 Å². The maximum atomic E-state index is 14.0. The number of rotatable bonds is 6. The highest BCUT2D eigenvalue weighted by molar-refractivity contribution is 5.80. The number of pyridine rings is 2. The Morgan fingerprint density at radius 2 is 2.06 bits per heavy atom. The Morgan fingerprint density at radius 3 is 2.81 bits per heavy atom. The van der Waals surface area contributed by atoms with Gasteiger partial charge in [0, 0.05) is 51.2 Å². The Labute approximate surface area is 183 Å². The van der Waals surface area contributed by atoms with Gasteiger partial charge in [0.25, 0.3) is 0 Å². The molecule has 1 atom stereocenters. The lowest BCUT2D eigenvalue weighted by molar-refractivity contribution is 0.148. The van der Waals surface area contributed by atoms with E-state index in [1.165, 1.54) is 25.3 Å². The predicted octanol–water partition coefficient (Wildman–Crippen LogP) is 3.27. The molecule has 0 radical (unpaired) electrons. The van der Waals surface area contributed by atoms with Gasteiger partial charge in [-0.15, -0.1) is 0 Å². The zero-order chi connectivity index (χ0) is 21.5. The van der Waals surface area contributed by atoms with Gasteiger partial charge in [-0.05, 0) is 49.8 Å². The molecular weight excluding hydrogens is 395 g/mol. The molecule has 2 aromatic rings. The molecule has 1 saturated carbocycles. The van der Waals surface area contributed by atoms with Crippen molar-refractivity contribution in [1.82, 2.24) is 20.6 Å². The van der Waals surface area contributed by atoms with Crippen LogP contribution in [0.4, 0.5) is 10.2 Å².